The molecule has 0 aliphatic heterocycles. The maximum Gasteiger partial charge on any atom is 0.136 e. The van der Waals surface area contributed by atoms with Crippen molar-refractivity contribution >= 4 is 50.6 Å². The number of nitrogens with zero attached hydrogens (tertiary/aromatic N) is 1. The van der Waals surface area contributed by atoms with Crippen LogP contribution in [0.25, 0.3) is 66.4 Å². The molecule has 0 amide bonds. The number of rotatable bonds is 8. The van der Waals surface area contributed by atoms with Gasteiger partial charge in [0.25, 0.3) is 0 Å². The Kier molecular flexibility index (Phi) is 9.14. The molecule has 0 radical (unpaired) electrons. The zero-order valence-corrected chi connectivity index (χ0v) is 35.6. The highest BCUT2D eigenvalue weighted by atomic mass is 35.5. The van der Waals surface area contributed by atoms with E-state index in [-0.39, 0.29) is 0 Å². The molecule has 1 heterocycles. The zero-order valence-electron chi connectivity index (χ0n) is 34.8. The van der Waals surface area contributed by atoms with Crippen molar-refractivity contribution in [3.63, 3.8) is 0 Å². The average molecular weight is 838 g/mol. The Balaban J connectivity index is 1.07. The normalized spacial score (nSPS) is 14.1. The first-order valence-electron chi connectivity index (χ1n) is 21.8. The summed E-state index contributed by atoms with van der Waals surface area (Å²) in [5.41, 5.74) is 18.3. The first kappa shape index (κ1) is 37.8. The van der Waals surface area contributed by atoms with Gasteiger partial charge in [0.2, 0.25) is 0 Å². The molecule has 11 aromatic rings. The van der Waals surface area contributed by atoms with Crippen molar-refractivity contribution < 1.29 is 4.42 Å². The Bertz CT molecular complexity index is 3490. The smallest absolute Gasteiger partial charge is 0.136 e. The summed E-state index contributed by atoms with van der Waals surface area (Å²) in [5, 5.41) is 2.96. The van der Waals surface area contributed by atoms with Crippen LogP contribution in [0.3, 0.4) is 0 Å². The first-order chi connectivity index (χ1) is 31.6. The van der Waals surface area contributed by atoms with Crippen molar-refractivity contribution in [3.8, 4) is 44.5 Å². The van der Waals surface area contributed by atoms with E-state index in [0.29, 0.717) is 5.02 Å². The molecule has 64 heavy (non-hydrogen) atoms. The van der Waals surface area contributed by atoms with Crippen LogP contribution in [0.15, 0.2) is 247 Å². The van der Waals surface area contributed by atoms with Gasteiger partial charge in [-0.05, 0) is 128 Å². The quantitative estimate of drug-likeness (QED) is 0.152. The molecule has 12 rings (SSSR count). The molecule has 0 saturated heterocycles. The number of para-hydroxylation sites is 1. The van der Waals surface area contributed by atoms with Gasteiger partial charge >= 0.3 is 0 Å². The van der Waals surface area contributed by atoms with Gasteiger partial charge in [-0.3, -0.25) is 0 Å². The van der Waals surface area contributed by atoms with Crippen molar-refractivity contribution in [2.24, 2.45) is 0 Å². The van der Waals surface area contributed by atoms with Crippen molar-refractivity contribution in [3.05, 3.63) is 270 Å². The van der Waals surface area contributed by atoms with Crippen LogP contribution < -0.4 is 4.90 Å². The van der Waals surface area contributed by atoms with Crippen molar-refractivity contribution in [1.82, 2.24) is 0 Å². The number of benzene rings is 10. The lowest BCUT2D eigenvalue weighted by molar-refractivity contribution is 0.669. The predicted molar refractivity (Wildman–Crippen MR) is 267 cm³/mol. The Labute approximate surface area is 377 Å². The van der Waals surface area contributed by atoms with E-state index in [4.69, 9.17) is 16.0 Å². The number of fused-ring (bicyclic) bond motifs is 6. The first-order valence-corrected chi connectivity index (χ1v) is 22.1. The second-order valence-corrected chi connectivity index (χ2v) is 17.0. The molecule has 1 aliphatic rings. The average Bonchev–Trinajstić information content (AvgIpc) is 3.89. The van der Waals surface area contributed by atoms with Crippen LogP contribution in [0.1, 0.15) is 22.3 Å². The maximum absolute atomic E-state index is 7.06. The van der Waals surface area contributed by atoms with Crippen molar-refractivity contribution in [2.45, 2.75) is 5.41 Å². The second kappa shape index (κ2) is 15.5. The fraction of sp³-hybridized carbons (Fsp3) is 0.0164. The van der Waals surface area contributed by atoms with Gasteiger partial charge in [0, 0.05) is 32.7 Å². The van der Waals surface area contributed by atoms with Crippen LogP contribution in [-0.2, 0) is 5.41 Å². The van der Waals surface area contributed by atoms with Gasteiger partial charge in [-0.15, -0.1) is 0 Å². The highest BCUT2D eigenvalue weighted by Gasteiger charge is 2.47. The fourth-order valence-corrected chi connectivity index (χ4v) is 10.3. The van der Waals surface area contributed by atoms with Gasteiger partial charge in [-0.1, -0.05) is 188 Å². The van der Waals surface area contributed by atoms with E-state index in [1.807, 2.05) is 18.2 Å². The molecule has 3 heteroatoms. The van der Waals surface area contributed by atoms with Gasteiger partial charge in [0.15, 0.2) is 0 Å². The van der Waals surface area contributed by atoms with E-state index >= 15 is 0 Å². The van der Waals surface area contributed by atoms with Gasteiger partial charge in [0.05, 0.1) is 11.1 Å². The van der Waals surface area contributed by atoms with E-state index in [2.05, 4.69) is 229 Å². The predicted octanol–water partition coefficient (Wildman–Crippen LogP) is 17.1. The third kappa shape index (κ3) is 6.18. The highest BCUT2D eigenvalue weighted by molar-refractivity contribution is 6.31. The van der Waals surface area contributed by atoms with Gasteiger partial charge in [-0.25, -0.2) is 0 Å². The monoisotopic (exact) mass is 837 g/mol. The zero-order chi connectivity index (χ0) is 42.6. The third-order valence-electron chi connectivity index (χ3n) is 13.0. The summed E-state index contributed by atoms with van der Waals surface area (Å²) in [4.78, 5) is 2.42. The number of furan rings is 1. The molecule has 1 atom stereocenters. The van der Waals surface area contributed by atoms with E-state index in [1.165, 1.54) is 44.5 Å². The Hall–Kier alpha value is -7.91. The minimum absolute atomic E-state index is 0.667. The number of hydrogen-bond acceptors (Lipinski definition) is 2. The summed E-state index contributed by atoms with van der Waals surface area (Å²) >= 11 is 7.06. The van der Waals surface area contributed by atoms with Crippen LogP contribution in [0.2, 0.25) is 5.02 Å². The largest absolute Gasteiger partial charge is 0.456 e. The topological polar surface area (TPSA) is 16.4 Å². The fourth-order valence-electron chi connectivity index (χ4n) is 10.1. The lowest BCUT2D eigenvalue weighted by Gasteiger charge is -2.35. The maximum atomic E-state index is 7.06. The molecular weight excluding hydrogens is 798 g/mol. The van der Waals surface area contributed by atoms with Gasteiger partial charge in [-0.2, -0.15) is 0 Å². The molecule has 1 aromatic heterocycles. The summed E-state index contributed by atoms with van der Waals surface area (Å²) in [6.07, 6.45) is 0. The van der Waals surface area contributed by atoms with Crippen LogP contribution in [0.5, 0.6) is 0 Å². The summed E-state index contributed by atoms with van der Waals surface area (Å²) in [7, 11) is 0. The molecule has 0 saturated carbocycles. The van der Waals surface area contributed by atoms with Crippen molar-refractivity contribution in [1.29, 1.82) is 0 Å². The molecule has 302 valence electrons. The lowest BCUT2D eigenvalue weighted by atomic mass is 9.67. The summed E-state index contributed by atoms with van der Waals surface area (Å²) < 4.78 is 6.31. The lowest BCUT2D eigenvalue weighted by Crippen LogP contribution is -2.28. The Morgan fingerprint density at radius 2 is 0.891 bits per heavy atom. The molecule has 0 bridgehead atoms. The second-order valence-electron chi connectivity index (χ2n) is 16.6. The van der Waals surface area contributed by atoms with Crippen LogP contribution >= 0.6 is 11.6 Å². The molecule has 0 N–H and O–H groups in total. The van der Waals surface area contributed by atoms with Gasteiger partial charge in [0.1, 0.15) is 11.2 Å². The van der Waals surface area contributed by atoms with E-state index in [9.17, 15) is 0 Å². The third-order valence-corrected chi connectivity index (χ3v) is 13.3. The number of hydrogen-bond donors (Lipinski definition) is 0. The Morgan fingerprint density at radius 1 is 0.359 bits per heavy atom. The molecule has 1 aliphatic carbocycles. The summed E-state index contributed by atoms with van der Waals surface area (Å²) in [6.45, 7) is 0. The van der Waals surface area contributed by atoms with Crippen molar-refractivity contribution in [2.75, 3.05) is 4.90 Å². The summed E-state index contributed by atoms with van der Waals surface area (Å²) in [6, 6.07) is 87.1. The van der Waals surface area contributed by atoms with E-state index in [1.54, 1.807) is 0 Å². The molecule has 1 unspecified atom stereocenters. The highest BCUT2D eigenvalue weighted by Crippen LogP contribution is 2.60. The molecule has 0 spiro atoms. The molecule has 10 aromatic carbocycles. The summed E-state index contributed by atoms with van der Waals surface area (Å²) in [5.74, 6) is 0. The van der Waals surface area contributed by atoms with E-state index < -0.39 is 5.41 Å². The molecule has 2 nitrogen and oxygen atoms in total. The molecule has 0 fully saturated rings. The van der Waals surface area contributed by atoms with E-state index in [0.717, 1.165) is 61.3 Å². The molecular formula is C61H40ClNO. The number of anilines is 3. The SMILES string of the molecule is Clc1ccc2c(c1)C(c1ccccc1)(c1cccc(-c3ccccc3)c1)c1cccc(N(c3ccc(-c4ccccc4)cc3)c3ccc(-c4ccc5c(c4)oc4ccccc45)cc3)c1-2. The van der Waals surface area contributed by atoms with Crippen LogP contribution in [-0.4, -0.2) is 0 Å². The van der Waals surface area contributed by atoms with Gasteiger partial charge < -0.3 is 9.32 Å². The Morgan fingerprint density at radius 3 is 1.61 bits per heavy atom. The van der Waals surface area contributed by atoms with Crippen LogP contribution in [0.4, 0.5) is 17.1 Å². The minimum atomic E-state index is -0.667. The minimum Gasteiger partial charge on any atom is -0.456 e. The standard InChI is InChI=1S/C61H40ClNO/c62-49-31-37-54-56(40-49)61(47-19-8-3-9-20-47,48-21-12-18-45(38-48)42-16-6-2-7-17-42)55-23-13-24-57(60(54)55)63(50-32-26-43(27-33-50)41-14-4-1-5-15-41)51-34-28-44(29-35-51)46-30-36-53-52-22-10-11-25-58(52)64-59(53)39-46/h1-40H. The van der Waals surface area contributed by atoms with Crippen LogP contribution in [0, 0.1) is 0 Å². The number of halogens is 1.